The maximum absolute atomic E-state index is 13.0. The number of amides is 4. The van der Waals surface area contributed by atoms with E-state index in [4.69, 9.17) is 11.6 Å². The predicted molar refractivity (Wildman–Crippen MR) is 141 cm³/mol. The summed E-state index contributed by atoms with van der Waals surface area (Å²) < 4.78 is 2.05. The molecular formula is C28H23ClN4O3. The molecule has 5 rings (SSSR count). The lowest BCUT2D eigenvalue weighted by Gasteiger charge is -2.12. The van der Waals surface area contributed by atoms with Gasteiger partial charge in [0.1, 0.15) is 12.2 Å². The lowest BCUT2D eigenvalue weighted by Crippen LogP contribution is -2.38. The normalized spacial score (nSPS) is 14.5. The molecule has 36 heavy (non-hydrogen) atoms. The van der Waals surface area contributed by atoms with Crippen molar-refractivity contribution in [3.63, 3.8) is 0 Å². The van der Waals surface area contributed by atoms with Crippen LogP contribution in [0.4, 0.5) is 10.5 Å². The van der Waals surface area contributed by atoms with Crippen LogP contribution in [0, 0.1) is 6.92 Å². The molecule has 8 heteroatoms. The smallest absolute Gasteiger partial charge is 0.329 e. The van der Waals surface area contributed by atoms with E-state index in [1.807, 2.05) is 79.9 Å². The molecule has 0 bridgehead atoms. The van der Waals surface area contributed by atoms with E-state index >= 15 is 0 Å². The number of aromatic nitrogens is 1. The van der Waals surface area contributed by atoms with Crippen molar-refractivity contribution in [1.82, 2.24) is 14.8 Å². The lowest BCUT2D eigenvalue weighted by atomic mass is 10.1. The van der Waals surface area contributed by atoms with Crippen LogP contribution < -0.4 is 10.6 Å². The molecule has 180 valence electrons. The van der Waals surface area contributed by atoms with Gasteiger partial charge in [-0.1, -0.05) is 60.1 Å². The van der Waals surface area contributed by atoms with Gasteiger partial charge in [-0.25, -0.2) is 9.69 Å². The van der Waals surface area contributed by atoms with Crippen LogP contribution in [0.3, 0.4) is 0 Å². The van der Waals surface area contributed by atoms with Crippen molar-refractivity contribution in [2.45, 2.75) is 13.5 Å². The fourth-order valence-corrected chi connectivity index (χ4v) is 4.46. The number of nitrogens with one attached hydrogen (secondary N) is 2. The molecule has 0 aliphatic carbocycles. The summed E-state index contributed by atoms with van der Waals surface area (Å²) in [6.45, 7) is 2.08. The molecular weight excluding hydrogens is 476 g/mol. The summed E-state index contributed by atoms with van der Waals surface area (Å²) >= 11 is 6.37. The van der Waals surface area contributed by atoms with E-state index in [9.17, 15) is 14.4 Å². The first-order valence-electron chi connectivity index (χ1n) is 11.4. The molecule has 0 atom stereocenters. The minimum Gasteiger partial charge on any atom is -0.342 e. The molecule has 1 aromatic heterocycles. The van der Waals surface area contributed by atoms with Crippen LogP contribution in [0.1, 0.15) is 16.7 Å². The SMILES string of the molecule is Cc1cccc(NC(=O)CN2C(=O)N/C(=C/c3cn(Cc4ccccc4Cl)c4ccccc34)C2=O)c1. The number of imide groups is 1. The molecule has 0 saturated carbocycles. The first-order chi connectivity index (χ1) is 17.4. The van der Waals surface area contributed by atoms with Crippen molar-refractivity contribution < 1.29 is 14.4 Å². The number of fused-ring (bicyclic) bond motifs is 1. The predicted octanol–water partition coefficient (Wildman–Crippen LogP) is 5.18. The van der Waals surface area contributed by atoms with E-state index in [1.54, 1.807) is 12.1 Å². The molecule has 4 amide bonds. The Morgan fingerprint density at radius 3 is 2.61 bits per heavy atom. The molecule has 1 aliphatic heterocycles. The summed E-state index contributed by atoms with van der Waals surface area (Å²) in [7, 11) is 0. The number of urea groups is 1. The number of carbonyl (C=O) groups excluding carboxylic acids is 3. The van der Waals surface area contributed by atoms with Gasteiger partial charge >= 0.3 is 6.03 Å². The minimum atomic E-state index is -0.634. The molecule has 2 N–H and O–H groups in total. The van der Waals surface area contributed by atoms with Crippen LogP contribution in [-0.4, -0.2) is 33.9 Å². The zero-order valence-corrected chi connectivity index (χ0v) is 20.3. The average Bonchev–Trinajstić information content (AvgIpc) is 3.32. The Balaban J connectivity index is 1.38. The highest BCUT2D eigenvalue weighted by molar-refractivity contribution is 6.31. The maximum Gasteiger partial charge on any atom is 0.329 e. The number of hydrogen-bond acceptors (Lipinski definition) is 3. The topological polar surface area (TPSA) is 83.4 Å². The van der Waals surface area contributed by atoms with Crippen LogP contribution in [0.15, 0.2) is 84.7 Å². The van der Waals surface area contributed by atoms with Crippen molar-refractivity contribution >= 4 is 52.1 Å². The van der Waals surface area contributed by atoms with Crippen molar-refractivity contribution in [3.8, 4) is 0 Å². The van der Waals surface area contributed by atoms with E-state index in [1.165, 1.54) is 0 Å². The number of para-hydroxylation sites is 1. The van der Waals surface area contributed by atoms with Gasteiger partial charge in [0.05, 0.1) is 0 Å². The largest absolute Gasteiger partial charge is 0.342 e. The van der Waals surface area contributed by atoms with Gasteiger partial charge in [0.25, 0.3) is 5.91 Å². The molecule has 0 spiro atoms. The van der Waals surface area contributed by atoms with Gasteiger partial charge in [-0.3, -0.25) is 9.59 Å². The molecule has 1 aliphatic rings. The molecule has 2 heterocycles. The third kappa shape index (κ3) is 4.74. The zero-order valence-electron chi connectivity index (χ0n) is 19.5. The van der Waals surface area contributed by atoms with Crippen molar-refractivity contribution in [2.24, 2.45) is 0 Å². The number of rotatable bonds is 6. The number of aryl methyl sites for hydroxylation is 1. The highest BCUT2D eigenvalue weighted by Gasteiger charge is 2.35. The highest BCUT2D eigenvalue weighted by Crippen LogP contribution is 2.27. The first-order valence-corrected chi connectivity index (χ1v) is 11.8. The summed E-state index contributed by atoms with van der Waals surface area (Å²) in [6, 6.07) is 22.1. The van der Waals surface area contributed by atoms with Crippen molar-refractivity contribution in [3.05, 3.63) is 106 Å². The standard InChI is InChI=1S/C28H23ClN4O3/c1-18-7-6-9-21(13-18)30-26(34)17-33-27(35)24(31-28(33)36)14-20-16-32(25-12-5-3-10-22(20)25)15-19-8-2-4-11-23(19)29/h2-14,16H,15,17H2,1H3,(H,30,34)(H,31,36)/b24-14+. The quantitative estimate of drug-likeness (QED) is 0.284. The second kappa shape index (κ2) is 9.71. The molecule has 4 aromatic rings. The van der Waals surface area contributed by atoms with Gasteiger partial charge in [0, 0.05) is 39.9 Å². The van der Waals surface area contributed by atoms with Crippen LogP contribution in [0.5, 0.6) is 0 Å². The van der Waals surface area contributed by atoms with Gasteiger partial charge in [0.15, 0.2) is 0 Å². The van der Waals surface area contributed by atoms with Crippen LogP contribution in [0.2, 0.25) is 5.02 Å². The Kier molecular flexibility index (Phi) is 6.31. The molecule has 1 fully saturated rings. The Hall–Kier alpha value is -4.36. The third-order valence-electron chi connectivity index (χ3n) is 5.98. The monoisotopic (exact) mass is 498 g/mol. The fraction of sp³-hybridized carbons (Fsp3) is 0.107. The van der Waals surface area contributed by atoms with E-state index in [0.717, 1.165) is 32.5 Å². The van der Waals surface area contributed by atoms with Crippen molar-refractivity contribution in [1.29, 1.82) is 0 Å². The molecule has 3 aromatic carbocycles. The summed E-state index contributed by atoms with van der Waals surface area (Å²) in [5.74, 6) is -1.01. The molecule has 0 unspecified atom stereocenters. The van der Waals surface area contributed by atoms with Crippen LogP contribution >= 0.6 is 11.6 Å². The van der Waals surface area contributed by atoms with Gasteiger partial charge in [-0.2, -0.15) is 0 Å². The van der Waals surface area contributed by atoms with Crippen LogP contribution in [0.25, 0.3) is 17.0 Å². The fourth-order valence-electron chi connectivity index (χ4n) is 4.27. The van der Waals surface area contributed by atoms with Gasteiger partial charge in [0.2, 0.25) is 5.91 Å². The maximum atomic E-state index is 13.0. The summed E-state index contributed by atoms with van der Waals surface area (Å²) in [4.78, 5) is 38.9. The lowest BCUT2D eigenvalue weighted by molar-refractivity contribution is -0.127. The Bertz CT molecular complexity index is 1540. The molecule has 1 saturated heterocycles. The Morgan fingerprint density at radius 2 is 1.81 bits per heavy atom. The van der Waals surface area contributed by atoms with Gasteiger partial charge in [-0.05, 0) is 48.4 Å². The minimum absolute atomic E-state index is 0.115. The third-order valence-corrected chi connectivity index (χ3v) is 6.35. The summed E-state index contributed by atoms with van der Waals surface area (Å²) in [5.41, 5.74) is 4.41. The summed E-state index contributed by atoms with van der Waals surface area (Å²) in [5, 5.41) is 6.93. The Labute approximate surface area is 213 Å². The molecule has 7 nitrogen and oxygen atoms in total. The second-order valence-electron chi connectivity index (χ2n) is 8.62. The molecule has 0 radical (unpaired) electrons. The number of hydrogen-bond donors (Lipinski definition) is 2. The number of nitrogens with zero attached hydrogens (tertiary/aromatic N) is 2. The first kappa shape index (κ1) is 23.4. The van der Waals surface area contributed by atoms with E-state index < -0.39 is 17.8 Å². The number of halogens is 1. The number of benzene rings is 3. The van der Waals surface area contributed by atoms with E-state index in [-0.39, 0.29) is 12.2 Å². The number of carbonyl (C=O) groups is 3. The number of anilines is 1. The van der Waals surface area contributed by atoms with Gasteiger partial charge in [-0.15, -0.1) is 0 Å². The van der Waals surface area contributed by atoms with Crippen LogP contribution in [-0.2, 0) is 16.1 Å². The Morgan fingerprint density at radius 1 is 1.03 bits per heavy atom. The van der Waals surface area contributed by atoms with Gasteiger partial charge < -0.3 is 15.2 Å². The zero-order chi connectivity index (χ0) is 25.2. The average molecular weight is 499 g/mol. The highest BCUT2D eigenvalue weighted by atomic mass is 35.5. The van der Waals surface area contributed by atoms with E-state index in [2.05, 4.69) is 15.2 Å². The summed E-state index contributed by atoms with van der Waals surface area (Å²) in [6.07, 6.45) is 3.57. The second-order valence-corrected chi connectivity index (χ2v) is 9.03. The van der Waals surface area contributed by atoms with E-state index in [0.29, 0.717) is 17.3 Å². The van der Waals surface area contributed by atoms with Crippen molar-refractivity contribution in [2.75, 3.05) is 11.9 Å².